The highest BCUT2D eigenvalue weighted by molar-refractivity contribution is 5.72. The topological polar surface area (TPSA) is 50.4 Å². The molecule has 2 N–H and O–H groups in total. The van der Waals surface area contributed by atoms with Crippen molar-refractivity contribution in [1.29, 1.82) is 0 Å². The Bertz CT molecular complexity index is 229. The summed E-state index contributed by atoms with van der Waals surface area (Å²) in [5.41, 5.74) is 0. The van der Waals surface area contributed by atoms with Crippen LogP contribution in [-0.2, 0) is 9.53 Å². The fourth-order valence-electron chi connectivity index (χ4n) is 2.22. The van der Waals surface area contributed by atoms with Gasteiger partial charge in [-0.3, -0.25) is 4.79 Å². The highest BCUT2D eigenvalue weighted by Gasteiger charge is 2.40. The lowest BCUT2D eigenvalue weighted by molar-refractivity contribution is -0.118. The van der Waals surface area contributed by atoms with E-state index in [1.165, 1.54) is 12.8 Å². The van der Waals surface area contributed by atoms with Crippen molar-refractivity contribution in [1.82, 2.24) is 10.6 Å². The van der Waals surface area contributed by atoms with Crippen LogP contribution in [0.25, 0.3) is 0 Å². The smallest absolute Gasteiger partial charge is 0.216 e. The Morgan fingerprint density at radius 2 is 2.13 bits per heavy atom. The van der Waals surface area contributed by atoms with Crippen LogP contribution >= 0.6 is 0 Å². The van der Waals surface area contributed by atoms with E-state index in [2.05, 4.69) is 10.6 Å². The molecule has 1 amide bonds. The van der Waals surface area contributed by atoms with Crippen molar-refractivity contribution in [3.8, 4) is 0 Å². The molecular formula is C11H20N2O2. The number of amides is 1. The average molecular weight is 212 g/mol. The first-order valence-corrected chi connectivity index (χ1v) is 5.87. The van der Waals surface area contributed by atoms with Gasteiger partial charge in [0.05, 0.1) is 6.10 Å². The zero-order valence-corrected chi connectivity index (χ0v) is 9.29. The summed E-state index contributed by atoms with van der Waals surface area (Å²) >= 11 is 0. The van der Waals surface area contributed by atoms with Gasteiger partial charge in [-0.05, 0) is 25.2 Å². The van der Waals surface area contributed by atoms with Crippen LogP contribution in [-0.4, -0.2) is 37.7 Å². The summed E-state index contributed by atoms with van der Waals surface area (Å²) in [7, 11) is 0. The van der Waals surface area contributed by atoms with Crippen molar-refractivity contribution in [3.63, 3.8) is 0 Å². The van der Waals surface area contributed by atoms with Gasteiger partial charge in [-0.25, -0.2) is 0 Å². The van der Waals surface area contributed by atoms with Crippen LogP contribution in [0, 0.1) is 5.92 Å². The van der Waals surface area contributed by atoms with Crippen molar-refractivity contribution in [2.75, 3.05) is 19.7 Å². The van der Waals surface area contributed by atoms with Gasteiger partial charge in [0.2, 0.25) is 5.91 Å². The summed E-state index contributed by atoms with van der Waals surface area (Å²) in [5.74, 6) is 0.837. The van der Waals surface area contributed by atoms with Crippen LogP contribution in [0.1, 0.15) is 26.2 Å². The number of carbonyl (C=O) groups excluding carboxylic acids is 1. The maximum atomic E-state index is 10.7. The normalized spacial score (nSPS) is 30.5. The third-order valence-electron chi connectivity index (χ3n) is 3.13. The molecule has 0 spiro atoms. The van der Waals surface area contributed by atoms with E-state index in [9.17, 15) is 4.79 Å². The Morgan fingerprint density at radius 1 is 1.33 bits per heavy atom. The second-order valence-corrected chi connectivity index (χ2v) is 4.51. The molecule has 86 valence electrons. The number of rotatable bonds is 5. The Morgan fingerprint density at radius 3 is 2.80 bits per heavy atom. The molecule has 0 bridgehead atoms. The van der Waals surface area contributed by atoms with E-state index in [-0.39, 0.29) is 5.91 Å². The molecular weight excluding hydrogens is 192 g/mol. The van der Waals surface area contributed by atoms with Gasteiger partial charge in [0.1, 0.15) is 0 Å². The van der Waals surface area contributed by atoms with Crippen molar-refractivity contribution in [3.05, 3.63) is 0 Å². The van der Waals surface area contributed by atoms with Gasteiger partial charge >= 0.3 is 0 Å². The Kier molecular flexibility index (Phi) is 3.59. The molecule has 2 unspecified atom stereocenters. The molecule has 1 aliphatic carbocycles. The number of hydrogen-bond acceptors (Lipinski definition) is 3. The standard InChI is InChI=1S/C11H20N2O2/c1-8(14)12-5-6-13-10-4-7-15-11(10)9-2-3-9/h9-11,13H,2-7H2,1H3,(H,12,14). The molecule has 0 aromatic heterocycles. The number of nitrogens with one attached hydrogen (secondary N) is 2. The Hall–Kier alpha value is -0.610. The minimum absolute atomic E-state index is 0.0400. The molecule has 2 aliphatic rings. The second-order valence-electron chi connectivity index (χ2n) is 4.51. The van der Waals surface area contributed by atoms with Crippen molar-refractivity contribution in [2.45, 2.75) is 38.3 Å². The van der Waals surface area contributed by atoms with Crippen LogP contribution in [0.15, 0.2) is 0 Å². The van der Waals surface area contributed by atoms with Crippen molar-refractivity contribution < 1.29 is 9.53 Å². The lowest BCUT2D eigenvalue weighted by atomic mass is 10.1. The average Bonchev–Trinajstić information content (AvgIpc) is 2.93. The zero-order chi connectivity index (χ0) is 10.7. The first-order chi connectivity index (χ1) is 7.27. The molecule has 0 aromatic rings. The molecule has 1 saturated carbocycles. The summed E-state index contributed by atoms with van der Waals surface area (Å²) < 4.78 is 5.72. The SMILES string of the molecule is CC(=O)NCCNC1CCOC1C1CC1. The van der Waals surface area contributed by atoms with E-state index >= 15 is 0 Å². The van der Waals surface area contributed by atoms with Gasteiger partial charge in [0.15, 0.2) is 0 Å². The molecule has 1 saturated heterocycles. The van der Waals surface area contributed by atoms with Gasteiger partial charge in [0, 0.05) is 32.7 Å². The summed E-state index contributed by atoms with van der Waals surface area (Å²) in [5, 5.41) is 6.26. The largest absolute Gasteiger partial charge is 0.376 e. The fraction of sp³-hybridized carbons (Fsp3) is 0.909. The van der Waals surface area contributed by atoms with E-state index in [0.29, 0.717) is 18.7 Å². The predicted octanol–water partition coefficient (Wildman–Crippen LogP) is 0.280. The van der Waals surface area contributed by atoms with Crippen LogP contribution < -0.4 is 10.6 Å². The third kappa shape index (κ3) is 3.18. The molecule has 1 heterocycles. The zero-order valence-electron chi connectivity index (χ0n) is 9.29. The lowest BCUT2D eigenvalue weighted by Crippen LogP contribution is -2.41. The summed E-state index contributed by atoms with van der Waals surface area (Å²) in [6.07, 6.45) is 4.20. The molecule has 4 nitrogen and oxygen atoms in total. The van der Waals surface area contributed by atoms with Gasteiger partial charge in [-0.15, -0.1) is 0 Å². The predicted molar refractivity (Wildman–Crippen MR) is 57.6 cm³/mol. The third-order valence-corrected chi connectivity index (χ3v) is 3.13. The van der Waals surface area contributed by atoms with E-state index in [1.807, 2.05) is 0 Å². The highest BCUT2D eigenvalue weighted by Crippen LogP contribution is 2.38. The van der Waals surface area contributed by atoms with E-state index in [0.717, 1.165) is 25.5 Å². The first kappa shape index (κ1) is 10.9. The van der Waals surface area contributed by atoms with Gasteiger partial charge < -0.3 is 15.4 Å². The monoisotopic (exact) mass is 212 g/mol. The van der Waals surface area contributed by atoms with Crippen molar-refractivity contribution >= 4 is 5.91 Å². The van der Waals surface area contributed by atoms with Crippen LogP contribution in [0.5, 0.6) is 0 Å². The van der Waals surface area contributed by atoms with E-state index < -0.39 is 0 Å². The number of hydrogen-bond donors (Lipinski definition) is 2. The quantitative estimate of drug-likeness (QED) is 0.644. The fourth-order valence-corrected chi connectivity index (χ4v) is 2.22. The van der Waals surface area contributed by atoms with Crippen molar-refractivity contribution in [2.24, 2.45) is 5.92 Å². The van der Waals surface area contributed by atoms with Gasteiger partial charge in [-0.1, -0.05) is 0 Å². The summed E-state index contributed by atoms with van der Waals surface area (Å²) in [4.78, 5) is 10.7. The molecule has 2 fully saturated rings. The van der Waals surface area contributed by atoms with Crippen LogP contribution in [0.2, 0.25) is 0 Å². The van der Waals surface area contributed by atoms with Gasteiger partial charge in [-0.2, -0.15) is 0 Å². The summed E-state index contributed by atoms with van der Waals surface area (Å²) in [6.45, 7) is 3.99. The molecule has 1 aliphatic heterocycles. The van der Waals surface area contributed by atoms with E-state index in [4.69, 9.17) is 4.74 Å². The minimum Gasteiger partial charge on any atom is -0.376 e. The number of ether oxygens (including phenoxy) is 1. The lowest BCUT2D eigenvalue weighted by Gasteiger charge is -2.19. The first-order valence-electron chi connectivity index (χ1n) is 5.87. The van der Waals surface area contributed by atoms with E-state index in [1.54, 1.807) is 6.92 Å². The minimum atomic E-state index is 0.0400. The number of carbonyl (C=O) groups is 1. The van der Waals surface area contributed by atoms with Gasteiger partial charge in [0.25, 0.3) is 0 Å². The maximum Gasteiger partial charge on any atom is 0.216 e. The highest BCUT2D eigenvalue weighted by atomic mass is 16.5. The molecule has 0 radical (unpaired) electrons. The molecule has 15 heavy (non-hydrogen) atoms. The second kappa shape index (κ2) is 4.94. The Balaban J connectivity index is 1.63. The molecule has 0 aromatic carbocycles. The molecule has 2 atom stereocenters. The van der Waals surface area contributed by atoms with Crippen LogP contribution in [0.3, 0.4) is 0 Å². The Labute approximate surface area is 90.8 Å². The maximum absolute atomic E-state index is 10.7. The molecule has 2 rings (SSSR count). The molecule has 4 heteroatoms. The summed E-state index contributed by atoms with van der Waals surface area (Å²) in [6, 6.07) is 0.506. The van der Waals surface area contributed by atoms with Crippen LogP contribution in [0.4, 0.5) is 0 Å².